The highest BCUT2D eigenvalue weighted by molar-refractivity contribution is 5.98. The maximum atomic E-state index is 13.8. The molecule has 18 N–H and O–H groups in total. The first kappa shape index (κ1) is 58.3. The lowest BCUT2D eigenvalue weighted by Gasteiger charge is -2.32. The van der Waals surface area contributed by atoms with E-state index in [0.29, 0.717) is 18.4 Å². The van der Waals surface area contributed by atoms with E-state index in [1.807, 2.05) is 0 Å². The highest BCUT2D eigenvalue weighted by Crippen LogP contribution is 2.25. The average Bonchev–Trinajstić information content (AvgIpc) is 4.05. The summed E-state index contributed by atoms with van der Waals surface area (Å²) in [7, 11) is 0. The maximum absolute atomic E-state index is 13.8. The van der Waals surface area contributed by atoms with E-state index >= 15 is 0 Å². The second-order valence-corrected chi connectivity index (χ2v) is 17.0. The number of nitrogens with two attached hydrogens (primary N) is 3. The van der Waals surface area contributed by atoms with Gasteiger partial charge in [-0.05, 0) is 57.9 Å². The van der Waals surface area contributed by atoms with Gasteiger partial charge in [0.25, 0.3) is 0 Å². The van der Waals surface area contributed by atoms with Crippen LogP contribution in [0, 0.1) is 0 Å². The van der Waals surface area contributed by atoms with Crippen molar-refractivity contribution >= 4 is 65.1 Å². The van der Waals surface area contributed by atoms with E-state index in [9.17, 15) is 73.5 Å². The summed E-state index contributed by atoms with van der Waals surface area (Å²) in [5.74, 6) is -9.89. The van der Waals surface area contributed by atoms with E-state index < -0.39 is 146 Å². The zero-order valence-corrected chi connectivity index (χ0v) is 39.5. The molecule has 394 valence electrons. The zero-order valence-electron chi connectivity index (χ0n) is 39.5. The van der Waals surface area contributed by atoms with Crippen molar-refractivity contribution in [2.24, 2.45) is 22.2 Å². The lowest BCUT2D eigenvalue weighted by Crippen LogP contribution is -2.62. The molecule has 28 heteroatoms. The molecule has 0 unspecified atom stereocenters. The van der Waals surface area contributed by atoms with Crippen molar-refractivity contribution in [3.8, 4) is 0 Å². The molecule has 9 amide bonds. The van der Waals surface area contributed by atoms with Crippen LogP contribution in [0.15, 0.2) is 35.3 Å². The number of aliphatic carboxylic acids is 1. The van der Waals surface area contributed by atoms with Gasteiger partial charge >= 0.3 is 5.97 Å². The first-order valence-electron chi connectivity index (χ1n) is 22.9. The summed E-state index contributed by atoms with van der Waals surface area (Å²) >= 11 is 0. The minimum absolute atomic E-state index is 0.000610. The summed E-state index contributed by atoms with van der Waals surface area (Å²) in [6.07, 6.45) is 1.18. The Morgan fingerprint density at radius 3 is 1.49 bits per heavy atom. The normalized spacial score (nSPS) is 18.7. The molecule has 1 aromatic carbocycles. The van der Waals surface area contributed by atoms with Gasteiger partial charge in [-0.2, -0.15) is 0 Å². The molecule has 0 spiro atoms. The maximum Gasteiger partial charge on any atom is 0.326 e. The molecule has 2 fully saturated rings. The number of guanidine groups is 1. The van der Waals surface area contributed by atoms with Crippen molar-refractivity contribution < 1.29 is 73.5 Å². The summed E-state index contributed by atoms with van der Waals surface area (Å²) in [5.41, 5.74) is 16.8. The first-order valence-corrected chi connectivity index (χ1v) is 22.9. The summed E-state index contributed by atoms with van der Waals surface area (Å²) in [6.45, 7) is -1.03. The molecule has 2 aliphatic rings. The van der Waals surface area contributed by atoms with Crippen LogP contribution in [-0.2, 0) is 54.4 Å². The van der Waals surface area contributed by atoms with Crippen molar-refractivity contribution in [1.82, 2.24) is 47.0 Å². The van der Waals surface area contributed by atoms with E-state index in [1.165, 1.54) is 23.6 Å². The van der Waals surface area contributed by atoms with Crippen LogP contribution in [0.5, 0.6) is 0 Å². The Morgan fingerprint density at radius 1 is 0.606 bits per heavy atom. The first-order chi connectivity index (χ1) is 33.7. The minimum atomic E-state index is -1.83. The number of amides is 9. The van der Waals surface area contributed by atoms with Crippen LogP contribution in [-0.4, -0.2) is 207 Å². The topological polar surface area (TPSA) is 453 Å². The van der Waals surface area contributed by atoms with Crippen LogP contribution in [0.25, 0.3) is 0 Å². The molecule has 28 nitrogen and oxygen atoms in total. The molecule has 2 heterocycles. The van der Waals surface area contributed by atoms with E-state index in [-0.39, 0.29) is 57.7 Å². The van der Waals surface area contributed by atoms with Crippen molar-refractivity contribution in [1.29, 1.82) is 0 Å². The molecule has 2 aliphatic heterocycles. The van der Waals surface area contributed by atoms with Crippen molar-refractivity contribution in [3.05, 3.63) is 35.9 Å². The second kappa shape index (κ2) is 28.6. The van der Waals surface area contributed by atoms with Crippen LogP contribution in [0.3, 0.4) is 0 Å². The number of carbonyl (C=O) groups excluding carboxylic acids is 9. The van der Waals surface area contributed by atoms with Gasteiger partial charge in [0.2, 0.25) is 53.2 Å². The van der Waals surface area contributed by atoms with Crippen molar-refractivity contribution in [2.45, 2.75) is 119 Å². The third-order valence-electron chi connectivity index (χ3n) is 11.5. The molecular formula is C43H67N13O15. The van der Waals surface area contributed by atoms with Gasteiger partial charge in [-0.1, -0.05) is 30.3 Å². The number of rotatable bonds is 27. The fraction of sp³-hybridized carbons (Fsp3) is 0.605. The Hall–Kier alpha value is -7.01. The quantitative estimate of drug-likeness (QED) is 0.0221. The van der Waals surface area contributed by atoms with E-state index in [4.69, 9.17) is 17.2 Å². The van der Waals surface area contributed by atoms with Gasteiger partial charge in [0.05, 0.1) is 32.5 Å². The molecule has 0 aromatic heterocycles. The van der Waals surface area contributed by atoms with Gasteiger partial charge in [-0.3, -0.25) is 48.1 Å². The summed E-state index contributed by atoms with van der Waals surface area (Å²) < 4.78 is 0. The van der Waals surface area contributed by atoms with Crippen molar-refractivity contribution in [2.75, 3.05) is 46.1 Å². The van der Waals surface area contributed by atoms with Gasteiger partial charge in [0.1, 0.15) is 54.4 Å². The molecule has 3 rings (SSSR count). The Bertz CT molecular complexity index is 2080. The van der Waals surface area contributed by atoms with Crippen LogP contribution < -0.4 is 54.4 Å². The minimum Gasteiger partial charge on any atom is -0.480 e. The number of nitrogens with one attached hydrogen (secondary N) is 7. The van der Waals surface area contributed by atoms with Gasteiger partial charge < -0.3 is 89.8 Å². The van der Waals surface area contributed by atoms with Gasteiger partial charge in [-0.25, -0.2) is 4.79 Å². The molecular weight excluding hydrogens is 939 g/mol. The van der Waals surface area contributed by atoms with Crippen LogP contribution in [0.1, 0.15) is 57.9 Å². The summed E-state index contributed by atoms with van der Waals surface area (Å²) in [5, 5.41) is 65.8. The van der Waals surface area contributed by atoms with Gasteiger partial charge in [-0.15, -0.1) is 0 Å². The number of aliphatic imine (C=N–C) groups is 1. The Labute approximate surface area is 408 Å². The molecule has 10 atom stereocenters. The fourth-order valence-corrected chi connectivity index (χ4v) is 7.66. The standard InChI is InChI=1S/C43H67N13O15/c1-22(44)33(61)51-27(18-57)38(66)54-29(20-59)37(65)50-26(17-24-9-4-3-5-10-24)35(63)52-30(21-60)39(67)53-28(19-58)36(64)49-25(11-6-14-47-43(45)46)34(62)48-23(2)40(68)55-15-7-12-31(55)41(69)56-16-8-13-32(56)42(70)71/h3-5,9-10,22-23,25-32,57-60H,6-8,11-21,44H2,1-2H3,(H,48,62)(H,49,64)(H,50,65)(H,51,61)(H,52,63)(H,53,67)(H,54,66)(H,70,71)(H4,45,46,47)/t22-,23-,25-,26-,27-,28-,29-,30-,31-,32-/m0/s1. The number of nitrogens with zero attached hydrogens (tertiary/aromatic N) is 3. The smallest absolute Gasteiger partial charge is 0.326 e. The Morgan fingerprint density at radius 2 is 1.03 bits per heavy atom. The van der Waals surface area contributed by atoms with E-state index in [1.54, 1.807) is 30.3 Å². The third kappa shape index (κ3) is 17.4. The second-order valence-electron chi connectivity index (χ2n) is 17.0. The molecule has 0 aliphatic carbocycles. The fourth-order valence-electron chi connectivity index (χ4n) is 7.66. The van der Waals surface area contributed by atoms with E-state index in [0.717, 1.165) is 0 Å². The molecule has 1 aromatic rings. The highest BCUT2D eigenvalue weighted by Gasteiger charge is 2.43. The monoisotopic (exact) mass is 1010 g/mol. The van der Waals surface area contributed by atoms with Gasteiger partial charge in [0.15, 0.2) is 5.96 Å². The number of benzene rings is 1. The largest absolute Gasteiger partial charge is 0.480 e. The molecule has 2 saturated heterocycles. The SMILES string of the molecule is C[C@H](N)C(=O)N[C@@H](CO)C(=O)N[C@@H](CO)C(=O)N[C@@H](Cc1ccccc1)C(=O)N[C@@H](CO)C(=O)N[C@@H](CO)C(=O)N[C@@H](CCCN=C(N)N)C(=O)N[C@@H](C)C(=O)N1CCC[C@H]1C(=O)N1CCC[C@H]1C(=O)O. The number of carboxylic acid groups (broad SMARTS) is 1. The molecule has 71 heavy (non-hydrogen) atoms. The molecule has 0 radical (unpaired) electrons. The number of aliphatic hydroxyl groups is 4. The third-order valence-corrected chi connectivity index (χ3v) is 11.5. The number of hydrogen-bond donors (Lipinski definition) is 15. The predicted octanol–water partition coefficient (Wildman–Crippen LogP) is -7.92. The van der Waals surface area contributed by atoms with Crippen molar-refractivity contribution in [3.63, 3.8) is 0 Å². The Kier molecular flexibility index (Phi) is 23.5. The lowest BCUT2D eigenvalue weighted by atomic mass is 10.0. The van der Waals surface area contributed by atoms with Gasteiger partial charge in [0, 0.05) is 26.1 Å². The predicted molar refractivity (Wildman–Crippen MR) is 248 cm³/mol. The average molecular weight is 1010 g/mol. The van der Waals surface area contributed by atoms with E-state index in [2.05, 4.69) is 42.2 Å². The molecule has 0 bridgehead atoms. The molecule has 0 saturated carbocycles. The number of hydrogen-bond acceptors (Lipinski definition) is 16. The highest BCUT2D eigenvalue weighted by atomic mass is 16.4. The van der Waals surface area contributed by atoms with Crippen LogP contribution in [0.2, 0.25) is 0 Å². The van der Waals surface area contributed by atoms with Crippen LogP contribution in [0.4, 0.5) is 0 Å². The number of carboxylic acids is 1. The summed E-state index contributed by atoms with van der Waals surface area (Å²) in [4.78, 5) is 138. The number of carbonyl (C=O) groups is 10. The van der Waals surface area contributed by atoms with Crippen LogP contribution >= 0.6 is 0 Å². The lowest BCUT2D eigenvalue weighted by molar-refractivity contribution is -0.152. The number of aliphatic hydroxyl groups excluding tert-OH is 4. The number of likely N-dealkylation sites (tertiary alicyclic amines) is 2. The zero-order chi connectivity index (χ0) is 52.9. The Balaban J connectivity index is 1.74. The summed E-state index contributed by atoms with van der Waals surface area (Å²) in [6, 6.07) is -6.14.